The summed E-state index contributed by atoms with van der Waals surface area (Å²) in [5.74, 6) is -0.0539. The van der Waals surface area contributed by atoms with Crippen molar-refractivity contribution in [2.45, 2.75) is 6.54 Å². The maximum atomic E-state index is 11.4. The van der Waals surface area contributed by atoms with E-state index in [0.717, 1.165) is 9.75 Å². The van der Waals surface area contributed by atoms with Gasteiger partial charge in [0.05, 0.1) is 6.54 Å². The van der Waals surface area contributed by atoms with Gasteiger partial charge < -0.3 is 5.32 Å². The van der Waals surface area contributed by atoms with Gasteiger partial charge in [0.25, 0.3) is 0 Å². The molecule has 2 aromatic rings. The number of thiophene rings is 2. The lowest BCUT2D eigenvalue weighted by molar-refractivity contribution is -0.116. The molecule has 0 bridgehead atoms. The normalized spacial score (nSPS) is 10.8. The Balaban J connectivity index is 1.81. The van der Waals surface area contributed by atoms with E-state index in [1.165, 1.54) is 0 Å². The van der Waals surface area contributed by atoms with Crippen LogP contribution < -0.4 is 5.32 Å². The van der Waals surface area contributed by atoms with Gasteiger partial charge in [0.15, 0.2) is 0 Å². The number of hydrogen-bond acceptors (Lipinski definition) is 3. The largest absolute Gasteiger partial charge is 0.348 e. The molecule has 0 radical (unpaired) electrons. The molecule has 0 saturated carbocycles. The van der Waals surface area contributed by atoms with Crippen LogP contribution in [0, 0.1) is 0 Å². The maximum absolute atomic E-state index is 11.4. The second-order valence-electron chi connectivity index (χ2n) is 3.15. The van der Waals surface area contributed by atoms with Gasteiger partial charge in [-0.15, -0.1) is 22.7 Å². The van der Waals surface area contributed by atoms with Crippen molar-refractivity contribution in [1.82, 2.24) is 5.32 Å². The summed E-state index contributed by atoms with van der Waals surface area (Å²) >= 11 is 3.26. The van der Waals surface area contributed by atoms with Crippen LogP contribution in [0.25, 0.3) is 6.08 Å². The van der Waals surface area contributed by atoms with E-state index in [1.54, 1.807) is 28.7 Å². The highest BCUT2D eigenvalue weighted by Crippen LogP contribution is 2.10. The summed E-state index contributed by atoms with van der Waals surface area (Å²) in [6.45, 7) is 0.602. The van der Waals surface area contributed by atoms with Crippen molar-refractivity contribution in [2.24, 2.45) is 0 Å². The van der Waals surface area contributed by atoms with Crippen LogP contribution in [0.4, 0.5) is 0 Å². The molecule has 1 N–H and O–H groups in total. The lowest BCUT2D eigenvalue weighted by Crippen LogP contribution is -2.19. The molecule has 2 aromatic heterocycles. The fourth-order valence-corrected chi connectivity index (χ4v) is 2.45. The Hall–Kier alpha value is -1.39. The van der Waals surface area contributed by atoms with Gasteiger partial charge in [-0.1, -0.05) is 12.1 Å². The van der Waals surface area contributed by atoms with Crippen LogP contribution in [0.2, 0.25) is 0 Å². The van der Waals surface area contributed by atoms with Gasteiger partial charge in [0, 0.05) is 15.8 Å². The highest BCUT2D eigenvalue weighted by atomic mass is 32.1. The quantitative estimate of drug-likeness (QED) is 0.829. The van der Waals surface area contributed by atoms with Gasteiger partial charge in [-0.3, -0.25) is 4.79 Å². The highest BCUT2D eigenvalue weighted by molar-refractivity contribution is 7.10. The zero-order chi connectivity index (χ0) is 11.2. The first-order chi connectivity index (χ1) is 7.84. The molecule has 2 nitrogen and oxygen atoms in total. The van der Waals surface area contributed by atoms with E-state index in [0.29, 0.717) is 6.54 Å². The van der Waals surface area contributed by atoms with Crippen LogP contribution in [0.3, 0.4) is 0 Å². The fourth-order valence-electron chi connectivity index (χ4n) is 1.19. The molecule has 4 heteroatoms. The first-order valence-corrected chi connectivity index (χ1v) is 6.62. The Labute approximate surface area is 102 Å². The second kappa shape index (κ2) is 5.63. The van der Waals surface area contributed by atoms with Crippen molar-refractivity contribution in [1.29, 1.82) is 0 Å². The van der Waals surface area contributed by atoms with E-state index in [4.69, 9.17) is 0 Å². The van der Waals surface area contributed by atoms with Gasteiger partial charge in [0.1, 0.15) is 0 Å². The molecule has 0 aliphatic carbocycles. The average Bonchev–Trinajstić information content (AvgIpc) is 2.96. The minimum atomic E-state index is -0.0539. The molecular weight excluding hydrogens is 238 g/mol. The number of rotatable bonds is 4. The lowest BCUT2D eigenvalue weighted by Gasteiger charge is -1.98. The van der Waals surface area contributed by atoms with E-state index < -0.39 is 0 Å². The van der Waals surface area contributed by atoms with Gasteiger partial charge >= 0.3 is 0 Å². The highest BCUT2D eigenvalue weighted by Gasteiger charge is 1.97. The van der Waals surface area contributed by atoms with E-state index in [1.807, 2.05) is 41.1 Å². The number of hydrogen-bond donors (Lipinski definition) is 1. The average molecular weight is 249 g/mol. The van der Waals surface area contributed by atoms with E-state index in [2.05, 4.69) is 5.32 Å². The topological polar surface area (TPSA) is 29.1 Å². The molecule has 0 fully saturated rings. The summed E-state index contributed by atoms with van der Waals surface area (Å²) in [6.07, 6.45) is 3.40. The van der Waals surface area contributed by atoms with Crippen molar-refractivity contribution >= 4 is 34.7 Å². The zero-order valence-electron chi connectivity index (χ0n) is 8.55. The molecule has 2 heterocycles. The Kier molecular flexibility index (Phi) is 3.91. The molecule has 1 amide bonds. The molecule has 2 rings (SSSR count). The Morgan fingerprint density at radius 1 is 1.25 bits per heavy atom. The molecular formula is C12H11NOS2. The van der Waals surface area contributed by atoms with Crippen molar-refractivity contribution in [3.8, 4) is 0 Å². The predicted octanol–water partition coefficient (Wildman–Crippen LogP) is 3.14. The Morgan fingerprint density at radius 3 is 2.75 bits per heavy atom. The third kappa shape index (κ3) is 3.32. The summed E-state index contributed by atoms with van der Waals surface area (Å²) < 4.78 is 0. The van der Waals surface area contributed by atoms with Gasteiger partial charge in [0.2, 0.25) is 5.91 Å². The molecule has 82 valence electrons. The van der Waals surface area contributed by atoms with Crippen molar-refractivity contribution < 1.29 is 4.79 Å². The van der Waals surface area contributed by atoms with Crippen LogP contribution in [0.5, 0.6) is 0 Å². The van der Waals surface area contributed by atoms with Crippen LogP contribution in [0.1, 0.15) is 9.75 Å². The fraction of sp³-hybridized carbons (Fsp3) is 0.0833. The molecule has 0 unspecified atom stereocenters. The Morgan fingerprint density at radius 2 is 2.06 bits per heavy atom. The Bertz CT molecular complexity index is 457. The molecule has 0 saturated heterocycles. The predicted molar refractivity (Wildman–Crippen MR) is 69.5 cm³/mol. The summed E-state index contributed by atoms with van der Waals surface area (Å²) in [7, 11) is 0. The van der Waals surface area contributed by atoms with Gasteiger partial charge in [-0.2, -0.15) is 0 Å². The van der Waals surface area contributed by atoms with Gasteiger partial charge in [-0.05, 0) is 29.0 Å². The van der Waals surface area contributed by atoms with Gasteiger partial charge in [-0.25, -0.2) is 0 Å². The maximum Gasteiger partial charge on any atom is 0.244 e. The third-order valence-electron chi connectivity index (χ3n) is 1.96. The molecule has 0 atom stereocenters. The minimum absolute atomic E-state index is 0.0539. The molecule has 0 aliphatic rings. The van der Waals surface area contributed by atoms with Crippen LogP contribution >= 0.6 is 22.7 Å². The zero-order valence-corrected chi connectivity index (χ0v) is 10.2. The summed E-state index contributed by atoms with van der Waals surface area (Å²) in [6, 6.07) is 7.93. The summed E-state index contributed by atoms with van der Waals surface area (Å²) in [5.41, 5.74) is 0. The van der Waals surface area contributed by atoms with Crippen molar-refractivity contribution in [3.05, 3.63) is 50.9 Å². The van der Waals surface area contributed by atoms with Crippen LogP contribution in [0.15, 0.2) is 41.1 Å². The standard InChI is InChI=1S/C12H11NOS2/c14-12(6-5-10-3-1-7-15-10)13-9-11-4-2-8-16-11/h1-8H,9H2,(H,13,14)/b6-5-. The first-order valence-electron chi connectivity index (χ1n) is 4.86. The van der Waals surface area contributed by atoms with E-state index in [-0.39, 0.29) is 5.91 Å². The summed E-state index contributed by atoms with van der Waals surface area (Å²) in [4.78, 5) is 13.7. The smallest absolute Gasteiger partial charge is 0.244 e. The van der Waals surface area contributed by atoms with E-state index in [9.17, 15) is 4.79 Å². The molecule has 0 spiro atoms. The summed E-state index contributed by atoms with van der Waals surface area (Å²) in [5, 5.41) is 6.83. The number of carbonyl (C=O) groups is 1. The van der Waals surface area contributed by atoms with E-state index >= 15 is 0 Å². The second-order valence-corrected chi connectivity index (χ2v) is 5.16. The molecule has 0 aromatic carbocycles. The molecule has 16 heavy (non-hydrogen) atoms. The SMILES string of the molecule is O=C(/C=C\c1cccs1)NCc1cccs1. The number of amides is 1. The van der Waals surface area contributed by atoms with Crippen molar-refractivity contribution in [2.75, 3.05) is 0 Å². The van der Waals surface area contributed by atoms with Crippen LogP contribution in [-0.4, -0.2) is 5.91 Å². The first kappa shape index (κ1) is 11.1. The molecule has 0 aliphatic heterocycles. The van der Waals surface area contributed by atoms with Crippen LogP contribution in [-0.2, 0) is 11.3 Å². The number of carbonyl (C=O) groups excluding carboxylic acids is 1. The lowest BCUT2D eigenvalue weighted by atomic mass is 10.4. The monoisotopic (exact) mass is 249 g/mol. The minimum Gasteiger partial charge on any atom is -0.348 e. The van der Waals surface area contributed by atoms with Crippen molar-refractivity contribution in [3.63, 3.8) is 0 Å². The third-order valence-corrected chi connectivity index (χ3v) is 3.67. The number of nitrogens with one attached hydrogen (secondary N) is 1.